The van der Waals surface area contributed by atoms with Crippen molar-refractivity contribution in [1.82, 2.24) is 4.31 Å². The Hall–Kier alpha value is -1.86. The third kappa shape index (κ3) is 2.86. The monoisotopic (exact) mass is 336 g/mol. The summed E-state index contributed by atoms with van der Waals surface area (Å²) in [6.45, 7) is 6.38. The maximum atomic E-state index is 12.3. The van der Waals surface area contributed by atoms with Gasteiger partial charge >= 0.3 is 6.09 Å². The Bertz CT molecular complexity index is 736. The SMILES string of the molecule is C=CS(=O)(=O)N1CCC(N2C(=O)OCc3cccc(C)c32)CC1. The number of fused-ring (bicyclic) bond motifs is 1. The third-order valence-electron chi connectivity index (χ3n) is 4.47. The van der Waals surface area contributed by atoms with Gasteiger partial charge in [-0.1, -0.05) is 24.8 Å². The molecule has 6 nitrogen and oxygen atoms in total. The van der Waals surface area contributed by atoms with Gasteiger partial charge in [0.05, 0.1) is 5.69 Å². The van der Waals surface area contributed by atoms with Crippen molar-refractivity contribution in [1.29, 1.82) is 0 Å². The maximum Gasteiger partial charge on any atom is 0.414 e. The fourth-order valence-electron chi connectivity index (χ4n) is 3.27. The van der Waals surface area contributed by atoms with Crippen molar-refractivity contribution in [2.75, 3.05) is 18.0 Å². The molecule has 7 heteroatoms. The number of carbonyl (C=O) groups excluding carboxylic acids is 1. The number of carbonyl (C=O) groups is 1. The van der Waals surface area contributed by atoms with Gasteiger partial charge in [0.1, 0.15) is 6.61 Å². The van der Waals surface area contributed by atoms with Crippen LogP contribution in [0.2, 0.25) is 0 Å². The first kappa shape index (κ1) is 16.0. The number of benzene rings is 1. The summed E-state index contributed by atoms with van der Waals surface area (Å²) in [7, 11) is -3.40. The fourth-order valence-corrected chi connectivity index (χ4v) is 4.20. The van der Waals surface area contributed by atoms with E-state index in [0.29, 0.717) is 25.9 Å². The summed E-state index contributed by atoms with van der Waals surface area (Å²) in [6, 6.07) is 5.82. The number of anilines is 1. The minimum atomic E-state index is -3.40. The average molecular weight is 336 g/mol. The highest BCUT2D eigenvalue weighted by Crippen LogP contribution is 2.34. The Kier molecular flexibility index (Phi) is 4.16. The van der Waals surface area contributed by atoms with E-state index in [-0.39, 0.29) is 18.7 Å². The minimum absolute atomic E-state index is 0.0566. The number of cyclic esters (lactones) is 1. The van der Waals surface area contributed by atoms with E-state index in [1.807, 2.05) is 25.1 Å². The largest absolute Gasteiger partial charge is 0.444 e. The number of aryl methyl sites for hydroxylation is 1. The molecule has 1 fully saturated rings. The van der Waals surface area contributed by atoms with Crippen LogP contribution in [0, 0.1) is 6.92 Å². The number of sulfonamides is 1. The topological polar surface area (TPSA) is 66.9 Å². The van der Waals surface area contributed by atoms with E-state index in [0.717, 1.165) is 22.2 Å². The number of hydrogen-bond acceptors (Lipinski definition) is 4. The summed E-state index contributed by atoms with van der Waals surface area (Å²) in [5.41, 5.74) is 2.93. The fraction of sp³-hybridized carbons (Fsp3) is 0.438. The van der Waals surface area contributed by atoms with Gasteiger partial charge in [-0.05, 0) is 25.3 Å². The molecular formula is C16H20N2O4S. The molecule has 124 valence electrons. The minimum Gasteiger partial charge on any atom is -0.444 e. The van der Waals surface area contributed by atoms with Crippen LogP contribution >= 0.6 is 0 Å². The zero-order chi connectivity index (χ0) is 16.6. The normalized spacial score (nSPS) is 20.0. The molecule has 1 amide bonds. The van der Waals surface area contributed by atoms with Crippen molar-refractivity contribution in [3.63, 3.8) is 0 Å². The zero-order valence-electron chi connectivity index (χ0n) is 13.1. The van der Waals surface area contributed by atoms with Crippen LogP contribution in [-0.2, 0) is 21.4 Å². The summed E-state index contributed by atoms with van der Waals surface area (Å²) >= 11 is 0. The van der Waals surface area contributed by atoms with Crippen LogP contribution in [0.25, 0.3) is 0 Å². The van der Waals surface area contributed by atoms with Gasteiger partial charge in [-0.15, -0.1) is 0 Å². The lowest BCUT2D eigenvalue weighted by molar-refractivity contribution is 0.135. The standard InChI is InChI=1S/C16H20N2O4S/c1-3-23(20,21)17-9-7-14(8-10-17)18-15-12(2)5-4-6-13(15)11-22-16(18)19/h3-6,14H,1,7-11H2,2H3. The molecule has 23 heavy (non-hydrogen) atoms. The van der Waals surface area contributed by atoms with E-state index >= 15 is 0 Å². The number of amides is 1. The highest BCUT2D eigenvalue weighted by Gasteiger charge is 2.36. The molecule has 0 spiro atoms. The number of hydrogen-bond donors (Lipinski definition) is 0. The Morgan fingerprint density at radius 2 is 2.00 bits per heavy atom. The van der Waals surface area contributed by atoms with Gasteiger partial charge < -0.3 is 4.74 Å². The molecule has 1 saturated heterocycles. The molecule has 0 radical (unpaired) electrons. The smallest absolute Gasteiger partial charge is 0.414 e. The highest BCUT2D eigenvalue weighted by molar-refractivity contribution is 7.92. The molecule has 0 unspecified atom stereocenters. The summed E-state index contributed by atoms with van der Waals surface area (Å²) in [5.74, 6) is 0. The van der Waals surface area contributed by atoms with Gasteiger partial charge in [0.25, 0.3) is 0 Å². The third-order valence-corrected chi connectivity index (χ3v) is 5.98. The molecule has 0 N–H and O–H groups in total. The van der Waals surface area contributed by atoms with Crippen molar-refractivity contribution in [3.8, 4) is 0 Å². The average Bonchev–Trinajstić information content (AvgIpc) is 2.55. The van der Waals surface area contributed by atoms with Gasteiger partial charge in [-0.25, -0.2) is 13.2 Å². The number of rotatable bonds is 3. The molecule has 3 rings (SSSR count). The molecule has 0 atom stereocenters. The van der Waals surface area contributed by atoms with E-state index in [4.69, 9.17) is 4.74 Å². The van der Waals surface area contributed by atoms with Crippen LogP contribution in [0.15, 0.2) is 30.2 Å². The molecule has 2 heterocycles. The maximum absolute atomic E-state index is 12.3. The van der Waals surface area contributed by atoms with E-state index in [1.165, 1.54) is 4.31 Å². The van der Waals surface area contributed by atoms with Gasteiger partial charge in [0, 0.05) is 30.1 Å². The van der Waals surface area contributed by atoms with Gasteiger partial charge in [0.2, 0.25) is 10.0 Å². The quantitative estimate of drug-likeness (QED) is 0.850. The molecular weight excluding hydrogens is 316 g/mol. The molecule has 2 aliphatic rings. The van der Waals surface area contributed by atoms with Crippen LogP contribution < -0.4 is 4.90 Å². The van der Waals surface area contributed by atoms with E-state index in [1.54, 1.807) is 4.90 Å². The van der Waals surface area contributed by atoms with Gasteiger partial charge in [-0.2, -0.15) is 4.31 Å². The van der Waals surface area contributed by atoms with Crippen LogP contribution in [0.3, 0.4) is 0 Å². The number of ether oxygens (including phenoxy) is 1. The lowest BCUT2D eigenvalue weighted by Crippen LogP contribution is -2.50. The van der Waals surface area contributed by atoms with E-state index in [9.17, 15) is 13.2 Å². The van der Waals surface area contributed by atoms with Crippen molar-refractivity contribution in [2.24, 2.45) is 0 Å². The second-order valence-electron chi connectivity index (χ2n) is 5.85. The van der Waals surface area contributed by atoms with Crippen molar-refractivity contribution in [3.05, 3.63) is 41.3 Å². The summed E-state index contributed by atoms with van der Waals surface area (Å²) in [5, 5.41) is 0.974. The van der Waals surface area contributed by atoms with Crippen molar-refractivity contribution < 1.29 is 17.9 Å². The second-order valence-corrected chi connectivity index (χ2v) is 7.73. The predicted octanol–water partition coefficient (Wildman–Crippen LogP) is 2.39. The number of para-hydroxylation sites is 1. The van der Waals surface area contributed by atoms with Crippen LogP contribution in [0.5, 0.6) is 0 Å². The molecule has 1 aromatic rings. The number of nitrogens with zero attached hydrogens (tertiary/aromatic N) is 2. The second kappa shape index (κ2) is 5.98. The van der Waals surface area contributed by atoms with Crippen LogP contribution in [0.4, 0.5) is 10.5 Å². The first-order valence-corrected chi connectivity index (χ1v) is 9.11. The predicted molar refractivity (Wildman–Crippen MR) is 87.6 cm³/mol. The van der Waals surface area contributed by atoms with Gasteiger partial charge in [-0.3, -0.25) is 4.90 Å². The van der Waals surface area contributed by atoms with Crippen LogP contribution in [0.1, 0.15) is 24.0 Å². The number of piperidine rings is 1. The first-order valence-electron chi connectivity index (χ1n) is 7.61. The molecule has 1 aromatic carbocycles. The van der Waals surface area contributed by atoms with Gasteiger partial charge in [0.15, 0.2) is 0 Å². The first-order chi connectivity index (χ1) is 10.9. The van der Waals surface area contributed by atoms with Crippen molar-refractivity contribution >= 4 is 21.8 Å². The summed E-state index contributed by atoms with van der Waals surface area (Å²) in [4.78, 5) is 14.0. The Morgan fingerprint density at radius 3 is 2.65 bits per heavy atom. The molecule has 0 saturated carbocycles. The molecule has 0 aromatic heterocycles. The van der Waals surface area contributed by atoms with E-state index in [2.05, 4.69) is 6.58 Å². The Balaban J connectivity index is 1.84. The zero-order valence-corrected chi connectivity index (χ0v) is 13.9. The van der Waals surface area contributed by atoms with Crippen LogP contribution in [-0.4, -0.2) is 37.9 Å². The lowest BCUT2D eigenvalue weighted by Gasteiger charge is -2.40. The Labute approximate surface area is 136 Å². The summed E-state index contributed by atoms with van der Waals surface area (Å²) < 4.78 is 30.4. The van der Waals surface area contributed by atoms with E-state index < -0.39 is 10.0 Å². The summed E-state index contributed by atoms with van der Waals surface area (Å²) in [6.07, 6.45) is 0.808. The molecule has 0 bridgehead atoms. The Morgan fingerprint density at radius 1 is 1.30 bits per heavy atom. The molecule has 2 aliphatic heterocycles. The highest BCUT2D eigenvalue weighted by atomic mass is 32.2. The van der Waals surface area contributed by atoms with Crippen molar-refractivity contribution in [2.45, 2.75) is 32.4 Å². The lowest BCUT2D eigenvalue weighted by atomic mass is 10.00. The molecule has 0 aliphatic carbocycles.